The largest absolute Gasteiger partial charge is 0.392 e. The molecule has 0 unspecified atom stereocenters. The number of nitrogens with zero attached hydrogens (tertiary/aromatic N) is 2. The fourth-order valence-electron chi connectivity index (χ4n) is 1.76. The van der Waals surface area contributed by atoms with Crippen LogP contribution in [0.2, 0.25) is 0 Å². The third-order valence-electron chi connectivity index (χ3n) is 2.78. The molecule has 0 amide bonds. The average molecular weight is 295 g/mol. The highest BCUT2D eigenvalue weighted by Gasteiger charge is 2.10. The molecular weight excluding hydrogens is 278 g/mol. The molecule has 2 rings (SSSR count). The van der Waals surface area contributed by atoms with Crippen LogP contribution in [0.25, 0.3) is 0 Å². The maximum atomic E-state index is 11.9. The SMILES string of the molecule is O=S(=O)(Cc1ccc(CO)cc1)NCCn1cccn1. The molecule has 7 heteroatoms. The zero-order valence-electron chi connectivity index (χ0n) is 10.9. The Morgan fingerprint density at radius 1 is 1.20 bits per heavy atom. The molecule has 0 fully saturated rings. The molecule has 0 aliphatic carbocycles. The molecule has 108 valence electrons. The highest BCUT2D eigenvalue weighted by Crippen LogP contribution is 2.07. The third kappa shape index (κ3) is 4.44. The molecule has 0 radical (unpaired) electrons. The fraction of sp³-hybridized carbons (Fsp3) is 0.308. The summed E-state index contributed by atoms with van der Waals surface area (Å²) in [5.74, 6) is -0.0716. The smallest absolute Gasteiger partial charge is 0.215 e. The van der Waals surface area contributed by atoms with Crippen molar-refractivity contribution in [3.8, 4) is 0 Å². The molecule has 0 aliphatic rings. The van der Waals surface area contributed by atoms with Crippen molar-refractivity contribution in [3.63, 3.8) is 0 Å². The van der Waals surface area contributed by atoms with Crippen molar-refractivity contribution in [1.29, 1.82) is 0 Å². The maximum absolute atomic E-state index is 11.9. The van der Waals surface area contributed by atoms with Crippen LogP contribution in [0.3, 0.4) is 0 Å². The predicted molar refractivity (Wildman–Crippen MR) is 75.2 cm³/mol. The first-order valence-electron chi connectivity index (χ1n) is 6.22. The number of nitrogens with one attached hydrogen (secondary N) is 1. The summed E-state index contributed by atoms with van der Waals surface area (Å²) in [7, 11) is -3.36. The van der Waals surface area contributed by atoms with E-state index in [9.17, 15) is 8.42 Å². The highest BCUT2D eigenvalue weighted by atomic mass is 32.2. The number of aliphatic hydroxyl groups is 1. The fourth-order valence-corrected chi connectivity index (χ4v) is 2.90. The van der Waals surface area contributed by atoms with Gasteiger partial charge in [-0.25, -0.2) is 13.1 Å². The molecule has 1 aromatic carbocycles. The van der Waals surface area contributed by atoms with Crippen LogP contribution in [0.4, 0.5) is 0 Å². The second-order valence-electron chi connectivity index (χ2n) is 4.40. The maximum Gasteiger partial charge on any atom is 0.215 e. The van der Waals surface area contributed by atoms with Gasteiger partial charge in [0, 0.05) is 18.9 Å². The van der Waals surface area contributed by atoms with Gasteiger partial charge in [-0.05, 0) is 17.2 Å². The lowest BCUT2D eigenvalue weighted by molar-refractivity contribution is 0.282. The lowest BCUT2D eigenvalue weighted by Crippen LogP contribution is -2.28. The molecule has 0 saturated heterocycles. The number of hydrogen-bond donors (Lipinski definition) is 2. The van der Waals surface area contributed by atoms with Crippen LogP contribution >= 0.6 is 0 Å². The molecule has 2 N–H and O–H groups in total. The first-order valence-corrected chi connectivity index (χ1v) is 7.88. The molecule has 0 spiro atoms. The van der Waals surface area contributed by atoms with Gasteiger partial charge in [0.25, 0.3) is 0 Å². The van der Waals surface area contributed by atoms with E-state index in [0.29, 0.717) is 18.7 Å². The minimum Gasteiger partial charge on any atom is -0.392 e. The Kier molecular flexibility index (Phi) is 4.89. The molecule has 2 aromatic rings. The number of rotatable bonds is 7. The Labute approximate surface area is 118 Å². The lowest BCUT2D eigenvalue weighted by atomic mass is 10.2. The zero-order chi connectivity index (χ0) is 14.4. The van der Waals surface area contributed by atoms with Gasteiger partial charge in [-0.1, -0.05) is 24.3 Å². The number of benzene rings is 1. The second-order valence-corrected chi connectivity index (χ2v) is 6.20. The molecule has 0 atom stereocenters. The van der Waals surface area contributed by atoms with Crippen molar-refractivity contribution in [1.82, 2.24) is 14.5 Å². The molecule has 0 saturated carbocycles. The molecule has 20 heavy (non-hydrogen) atoms. The molecule has 0 aliphatic heterocycles. The van der Waals surface area contributed by atoms with Crippen LogP contribution < -0.4 is 4.72 Å². The van der Waals surface area contributed by atoms with E-state index in [1.54, 1.807) is 47.4 Å². The summed E-state index contributed by atoms with van der Waals surface area (Å²) < 4.78 is 28.0. The van der Waals surface area contributed by atoms with E-state index in [0.717, 1.165) is 5.56 Å². The van der Waals surface area contributed by atoms with E-state index >= 15 is 0 Å². The van der Waals surface area contributed by atoms with Gasteiger partial charge in [-0.2, -0.15) is 5.10 Å². The van der Waals surface area contributed by atoms with Crippen LogP contribution in [-0.4, -0.2) is 29.8 Å². The Hall–Kier alpha value is -1.70. The Bertz CT molecular complexity index is 621. The summed E-state index contributed by atoms with van der Waals surface area (Å²) in [6.45, 7) is 0.754. The van der Waals surface area contributed by atoms with Crippen molar-refractivity contribution in [3.05, 3.63) is 53.9 Å². The molecule has 0 bridgehead atoms. The first-order chi connectivity index (χ1) is 9.59. The summed E-state index contributed by atoms with van der Waals surface area (Å²) >= 11 is 0. The summed E-state index contributed by atoms with van der Waals surface area (Å²) in [6, 6.07) is 8.64. The second kappa shape index (κ2) is 6.65. The van der Waals surface area contributed by atoms with Gasteiger partial charge in [0.1, 0.15) is 0 Å². The number of hydrogen-bond acceptors (Lipinski definition) is 4. The summed E-state index contributed by atoms with van der Waals surface area (Å²) in [4.78, 5) is 0. The summed E-state index contributed by atoms with van der Waals surface area (Å²) in [5.41, 5.74) is 1.45. The van der Waals surface area contributed by atoms with Gasteiger partial charge in [0.2, 0.25) is 10.0 Å². The topological polar surface area (TPSA) is 84.2 Å². The van der Waals surface area contributed by atoms with Gasteiger partial charge < -0.3 is 5.11 Å². The highest BCUT2D eigenvalue weighted by molar-refractivity contribution is 7.88. The minimum absolute atomic E-state index is 0.0465. The van der Waals surface area contributed by atoms with Crippen molar-refractivity contribution >= 4 is 10.0 Å². The molecular formula is C13H17N3O3S. The number of aliphatic hydroxyl groups excluding tert-OH is 1. The van der Waals surface area contributed by atoms with E-state index < -0.39 is 10.0 Å². The van der Waals surface area contributed by atoms with E-state index in [4.69, 9.17) is 5.11 Å². The zero-order valence-corrected chi connectivity index (χ0v) is 11.8. The van der Waals surface area contributed by atoms with Gasteiger partial charge in [-0.15, -0.1) is 0 Å². The Morgan fingerprint density at radius 3 is 2.50 bits per heavy atom. The predicted octanol–water partition coefficient (Wildman–Crippen LogP) is 0.495. The van der Waals surface area contributed by atoms with Crippen LogP contribution in [0.1, 0.15) is 11.1 Å². The van der Waals surface area contributed by atoms with Crippen LogP contribution in [-0.2, 0) is 28.9 Å². The lowest BCUT2D eigenvalue weighted by Gasteiger charge is -2.07. The van der Waals surface area contributed by atoms with E-state index in [1.165, 1.54) is 0 Å². The summed E-state index contributed by atoms with van der Waals surface area (Å²) in [6.07, 6.45) is 3.43. The molecule has 1 aromatic heterocycles. The van der Waals surface area contributed by atoms with Gasteiger partial charge in [0.05, 0.1) is 18.9 Å². The molecule has 1 heterocycles. The Morgan fingerprint density at radius 2 is 1.90 bits per heavy atom. The Balaban J connectivity index is 1.86. The van der Waals surface area contributed by atoms with E-state index in [2.05, 4.69) is 9.82 Å². The van der Waals surface area contributed by atoms with Gasteiger partial charge in [0.15, 0.2) is 0 Å². The van der Waals surface area contributed by atoms with Gasteiger partial charge in [-0.3, -0.25) is 4.68 Å². The van der Waals surface area contributed by atoms with E-state index in [-0.39, 0.29) is 12.4 Å². The number of sulfonamides is 1. The normalized spacial score (nSPS) is 11.7. The summed E-state index contributed by atoms with van der Waals surface area (Å²) in [5, 5.41) is 12.9. The van der Waals surface area contributed by atoms with Gasteiger partial charge >= 0.3 is 0 Å². The van der Waals surface area contributed by atoms with Crippen molar-refractivity contribution in [2.24, 2.45) is 0 Å². The quantitative estimate of drug-likeness (QED) is 0.779. The van der Waals surface area contributed by atoms with Crippen LogP contribution in [0.15, 0.2) is 42.7 Å². The first kappa shape index (κ1) is 14.7. The van der Waals surface area contributed by atoms with Crippen molar-refractivity contribution in [2.45, 2.75) is 18.9 Å². The standard InChI is InChI=1S/C13H17N3O3S/c17-10-12-2-4-13(5-3-12)11-20(18,19)15-7-9-16-8-1-6-14-16/h1-6,8,15,17H,7,9-11H2. The van der Waals surface area contributed by atoms with Crippen molar-refractivity contribution in [2.75, 3.05) is 6.54 Å². The average Bonchev–Trinajstić information content (AvgIpc) is 2.92. The van der Waals surface area contributed by atoms with Crippen molar-refractivity contribution < 1.29 is 13.5 Å². The van der Waals surface area contributed by atoms with Crippen LogP contribution in [0.5, 0.6) is 0 Å². The third-order valence-corrected chi connectivity index (χ3v) is 4.14. The number of aromatic nitrogens is 2. The van der Waals surface area contributed by atoms with E-state index in [1.807, 2.05) is 0 Å². The van der Waals surface area contributed by atoms with Crippen LogP contribution in [0, 0.1) is 0 Å². The minimum atomic E-state index is -3.36. The monoisotopic (exact) mass is 295 g/mol. The molecule has 6 nitrogen and oxygen atoms in total.